The van der Waals surface area contributed by atoms with Gasteiger partial charge in [-0.1, -0.05) is 12.1 Å². The van der Waals surface area contributed by atoms with Gasteiger partial charge in [-0.05, 0) is 69.2 Å². The molecule has 3 amide bonds. The molecule has 45 heavy (non-hydrogen) atoms. The summed E-state index contributed by atoms with van der Waals surface area (Å²) < 4.78 is 48.2. The van der Waals surface area contributed by atoms with Gasteiger partial charge in [0.05, 0.1) is 12.7 Å². The fourth-order valence-electron chi connectivity index (χ4n) is 4.71. The lowest BCUT2D eigenvalue weighted by Crippen LogP contribution is -2.45. The van der Waals surface area contributed by atoms with Gasteiger partial charge in [-0.25, -0.2) is 13.6 Å². The first kappa shape index (κ1) is 32.7. The summed E-state index contributed by atoms with van der Waals surface area (Å²) in [6.45, 7) is 5.01. The summed E-state index contributed by atoms with van der Waals surface area (Å²) in [5.41, 5.74) is 6.48. The topological polar surface area (TPSA) is 146 Å². The van der Waals surface area contributed by atoms with Crippen molar-refractivity contribution in [3.8, 4) is 17.2 Å². The van der Waals surface area contributed by atoms with E-state index in [0.717, 1.165) is 12.1 Å². The van der Waals surface area contributed by atoms with Crippen LogP contribution in [0.5, 0.6) is 17.2 Å². The minimum atomic E-state index is -1.05. The van der Waals surface area contributed by atoms with Crippen molar-refractivity contribution in [1.82, 2.24) is 4.90 Å². The fraction of sp³-hybridized carbons (Fsp3) is 0.312. The monoisotopic (exact) mass is 625 g/mol. The molecule has 3 aromatic carbocycles. The number of primary amides is 1. The Morgan fingerprint density at radius 2 is 1.69 bits per heavy atom. The molecule has 3 N–H and O–H groups in total. The Bertz CT molecular complexity index is 1610. The minimum Gasteiger partial charge on any atom is -0.495 e. The van der Waals surface area contributed by atoms with E-state index >= 15 is 0 Å². The van der Waals surface area contributed by atoms with Gasteiger partial charge in [0.25, 0.3) is 5.91 Å². The quantitative estimate of drug-likeness (QED) is 0.268. The Labute approximate surface area is 258 Å². The minimum absolute atomic E-state index is 0.0136. The van der Waals surface area contributed by atoms with Crippen molar-refractivity contribution in [3.05, 3.63) is 82.9 Å². The molecule has 0 aromatic heterocycles. The Morgan fingerprint density at radius 1 is 1.00 bits per heavy atom. The number of nitrogens with one attached hydrogen (secondary N) is 1. The second-order valence-electron chi connectivity index (χ2n) is 11.2. The Morgan fingerprint density at radius 3 is 2.31 bits per heavy atom. The number of hydrogen-bond donors (Lipinski definition) is 2. The molecule has 0 spiro atoms. The molecule has 0 bridgehead atoms. The predicted octanol–water partition coefficient (Wildman–Crippen LogP) is 5.45. The standard InChI is InChI=1S/C32H33F2N3O8/c1-32(2,3)45-26(38)14-13-25(29(35)39)37-16-18-5-6-19(28(42-4)27(18)30(37)40)17-43-31(41)36-20-7-9-21(10-8-20)44-22-11-12-23(33)24(34)15-22/h5-12,15,25H,13-14,16-17H2,1-4H3,(H2,35,39)(H,36,41)/t25-/m0/s1. The first-order valence-corrected chi connectivity index (χ1v) is 13.9. The van der Waals surface area contributed by atoms with Crippen molar-refractivity contribution < 1.29 is 46.9 Å². The molecule has 0 fully saturated rings. The normalized spacial score (nSPS) is 13.1. The third kappa shape index (κ3) is 8.25. The van der Waals surface area contributed by atoms with Gasteiger partial charge < -0.3 is 29.6 Å². The molecule has 1 aliphatic rings. The van der Waals surface area contributed by atoms with E-state index in [2.05, 4.69) is 5.32 Å². The first-order valence-electron chi connectivity index (χ1n) is 13.9. The number of ether oxygens (including phenoxy) is 4. The number of hydrogen-bond acceptors (Lipinski definition) is 8. The maximum atomic E-state index is 13.5. The first-order chi connectivity index (χ1) is 21.3. The van der Waals surface area contributed by atoms with Crippen molar-refractivity contribution in [2.75, 3.05) is 12.4 Å². The van der Waals surface area contributed by atoms with Crippen LogP contribution in [0.15, 0.2) is 54.6 Å². The third-order valence-corrected chi connectivity index (χ3v) is 6.68. The zero-order valence-electron chi connectivity index (χ0n) is 25.1. The molecule has 0 saturated carbocycles. The van der Waals surface area contributed by atoms with Crippen LogP contribution >= 0.6 is 0 Å². The Balaban J connectivity index is 1.37. The van der Waals surface area contributed by atoms with Gasteiger partial charge in [0.1, 0.15) is 35.5 Å². The number of anilines is 1. The molecule has 3 aromatic rings. The number of nitrogens with two attached hydrogens (primary N) is 1. The van der Waals surface area contributed by atoms with Crippen LogP contribution in [0.25, 0.3) is 0 Å². The number of carbonyl (C=O) groups is 4. The highest BCUT2D eigenvalue weighted by molar-refractivity contribution is 6.03. The van der Waals surface area contributed by atoms with E-state index in [-0.39, 0.29) is 43.1 Å². The summed E-state index contributed by atoms with van der Waals surface area (Å²) in [4.78, 5) is 51.8. The zero-order chi connectivity index (χ0) is 32.9. The summed E-state index contributed by atoms with van der Waals surface area (Å²) in [6, 6.07) is 11.5. The van der Waals surface area contributed by atoms with Crippen LogP contribution in [0.1, 0.15) is 55.1 Å². The largest absolute Gasteiger partial charge is 0.495 e. The Hall–Kier alpha value is -5.20. The lowest BCUT2D eigenvalue weighted by Gasteiger charge is -2.26. The van der Waals surface area contributed by atoms with E-state index in [1.54, 1.807) is 32.9 Å². The van der Waals surface area contributed by atoms with Crippen molar-refractivity contribution in [2.45, 2.75) is 58.4 Å². The zero-order valence-corrected chi connectivity index (χ0v) is 25.1. The van der Waals surface area contributed by atoms with Crippen molar-refractivity contribution in [1.29, 1.82) is 0 Å². The summed E-state index contributed by atoms with van der Waals surface area (Å²) in [7, 11) is 1.37. The average molecular weight is 626 g/mol. The summed E-state index contributed by atoms with van der Waals surface area (Å²) >= 11 is 0. The number of methoxy groups -OCH3 is 1. The SMILES string of the molecule is COc1c(COC(=O)Nc2ccc(Oc3ccc(F)c(F)c3)cc2)ccc2c1C(=O)N([C@@H](CCC(=O)OC(C)(C)C)C(N)=O)C2. The molecule has 238 valence electrons. The van der Waals surface area contributed by atoms with E-state index in [0.29, 0.717) is 22.6 Å². The van der Waals surface area contributed by atoms with Crippen LogP contribution in [0, 0.1) is 11.6 Å². The maximum absolute atomic E-state index is 13.5. The average Bonchev–Trinajstić information content (AvgIpc) is 3.29. The van der Waals surface area contributed by atoms with Crippen LogP contribution in [0.2, 0.25) is 0 Å². The maximum Gasteiger partial charge on any atom is 0.411 e. The number of rotatable bonds is 11. The van der Waals surface area contributed by atoms with E-state index in [4.69, 9.17) is 24.7 Å². The molecule has 1 aliphatic heterocycles. The van der Waals surface area contributed by atoms with Gasteiger partial charge in [0, 0.05) is 30.3 Å². The van der Waals surface area contributed by atoms with Crippen LogP contribution < -0.4 is 20.5 Å². The number of benzene rings is 3. The number of fused-ring (bicyclic) bond motifs is 1. The van der Waals surface area contributed by atoms with E-state index in [1.807, 2.05) is 0 Å². The highest BCUT2D eigenvalue weighted by Crippen LogP contribution is 2.36. The highest BCUT2D eigenvalue weighted by atomic mass is 19.2. The molecule has 0 unspecified atom stereocenters. The fourth-order valence-corrected chi connectivity index (χ4v) is 4.71. The molecule has 1 heterocycles. The number of amides is 3. The smallest absolute Gasteiger partial charge is 0.411 e. The molecule has 11 nitrogen and oxygen atoms in total. The lowest BCUT2D eigenvalue weighted by molar-refractivity contribution is -0.155. The third-order valence-electron chi connectivity index (χ3n) is 6.68. The highest BCUT2D eigenvalue weighted by Gasteiger charge is 2.38. The van der Waals surface area contributed by atoms with Gasteiger partial charge in [-0.3, -0.25) is 19.7 Å². The summed E-state index contributed by atoms with van der Waals surface area (Å²) in [5, 5.41) is 2.56. The van der Waals surface area contributed by atoms with E-state index < -0.39 is 47.2 Å². The van der Waals surface area contributed by atoms with E-state index in [9.17, 15) is 28.0 Å². The van der Waals surface area contributed by atoms with Gasteiger partial charge in [0.15, 0.2) is 11.6 Å². The number of carbonyl (C=O) groups excluding carboxylic acids is 4. The van der Waals surface area contributed by atoms with Gasteiger partial charge >= 0.3 is 12.1 Å². The van der Waals surface area contributed by atoms with Gasteiger partial charge in [-0.15, -0.1) is 0 Å². The van der Waals surface area contributed by atoms with Crippen molar-refractivity contribution in [3.63, 3.8) is 0 Å². The number of esters is 1. The second-order valence-corrected chi connectivity index (χ2v) is 11.2. The van der Waals surface area contributed by atoms with Crippen LogP contribution in [-0.2, 0) is 32.2 Å². The van der Waals surface area contributed by atoms with Crippen LogP contribution in [0.3, 0.4) is 0 Å². The van der Waals surface area contributed by atoms with Crippen LogP contribution in [-0.4, -0.2) is 47.5 Å². The molecule has 0 saturated heterocycles. The second kappa shape index (κ2) is 13.6. The molecule has 1 atom stereocenters. The van der Waals surface area contributed by atoms with Crippen molar-refractivity contribution in [2.24, 2.45) is 5.73 Å². The van der Waals surface area contributed by atoms with E-state index in [1.165, 1.54) is 42.3 Å². The molecule has 0 aliphatic carbocycles. The molecule has 4 rings (SSSR count). The lowest BCUT2D eigenvalue weighted by atomic mass is 10.0. The molecule has 0 radical (unpaired) electrons. The van der Waals surface area contributed by atoms with Gasteiger partial charge in [0.2, 0.25) is 5.91 Å². The number of halogens is 2. The molecule has 13 heteroatoms. The Kier molecular flexibility index (Phi) is 9.90. The predicted molar refractivity (Wildman–Crippen MR) is 158 cm³/mol. The van der Waals surface area contributed by atoms with Crippen LogP contribution in [0.4, 0.5) is 19.3 Å². The summed E-state index contributed by atoms with van der Waals surface area (Å²) in [6.07, 6.45) is -0.920. The molecular weight excluding hydrogens is 592 g/mol. The molecular formula is C32H33F2N3O8. The van der Waals surface area contributed by atoms with Crippen molar-refractivity contribution >= 4 is 29.6 Å². The summed E-state index contributed by atoms with van der Waals surface area (Å²) in [5.74, 6) is -3.21. The number of nitrogens with zero attached hydrogens (tertiary/aromatic N) is 1. The van der Waals surface area contributed by atoms with Gasteiger partial charge in [-0.2, -0.15) is 0 Å².